The Morgan fingerprint density at radius 3 is 2.62 bits per heavy atom. The number of pyridine rings is 1. The fraction of sp³-hybridized carbons (Fsp3) is 0.345. The first-order valence-electron chi connectivity index (χ1n) is 13.9. The Morgan fingerprint density at radius 2 is 1.89 bits per heavy atom. The second kappa shape index (κ2) is 11.1. The van der Waals surface area contributed by atoms with Crippen LogP contribution >= 0.6 is 11.6 Å². The van der Waals surface area contributed by atoms with E-state index in [0.717, 1.165) is 31.2 Å². The molecule has 6 rings (SSSR count). The number of ether oxygens (including phenoxy) is 1. The number of carbonyl (C=O) groups excluding carboxylic acids is 2. The molecule has 2 fully saturated rings. The molecule has 16 heteroatoms. The summed E-state index contributed by atoms with van der Waals surface area (Å²) in [6.45, 7) is 0.894. The van der Waals surface area contributed by atoms with Gasteiger partial charge in [-0.1, -0.05) is 11.6 Å². The van der Waals surface area contributed by atoms with Crippen molar-refractivity contribution in [2.75, 3.05) is 17.6 Å². The van der Waals surface area contributed by atoms with Crippen LogP contribution in [0.3, 0.4) is 0 Å². The summed E-state index contributed by atoms with van der Waals surface area (Å²) in [5, 5.41) is 2.39. The SMILES string of the molecule is CC(F)(F)Oc1cc(C(=O)Nc2cc(C(F)(F)F)ccn2)ccc1-c1nc(C2CCC3CCC(=O)N3C2)n2c(Cl)cnc(N)c12. The Morgan fingerprint density at radius 1 is 1.11 bits per heavy atom. The van der Waals surface area contributed by atoms with Crippen LogP contribution in [0, 0.1) is 0 Å². The molecule has 0 bridgehead atoms. The predicted molar refractivity (Wildman–Crippen MR) is 153 cm³/mol. The third kappa shape index (κ3) is 5.95. The molecular formula is C29H25ClF5N7O3. The molecule has 2 aliphatic heterocycles. The van der Waals surface area contributed by atoms with Crippen LogP contribution in [0.5, 0.6) is 5.75 Å². The van der Waals surface area contributed by atoms with Crippen molar-refractivity contribution in [3.05, 3.63) is 64.8 Å². The van der Waals surface area contributed by atoms with Crippen LogP contribution < -0.4 is 15.8 Å². The van der Waals surface area contributed by atoms with Crippen molar-refractivity contribution < 1.29 is 36.3 Å². The van der Waals surface area contributed by atoms with Crippen molar-refractivity contribution in [3.63, 3.8) is 0 Å². The molecule has 1 aromatic carbocycles. The number of nitrogens with two attached hydrogens (primary N) is 1. The number of nitrogen functional groups attached to an aromatic ring is 1. The van der Waals surface area contributed by atoms with Crippen molar-refractivity contribution in [2.24, 2.45) is 0 Å². The molecule has 4 aromatic rings. The molecule has 2 aliphatic rings. The molecule has 236 valence electrons. The minimum atomic E-state index is -4.67. The first-order chi connectivity index (χ1) is 21.2. The van der Waals surface area contributed by atoms with Gasteiger partial charge in [0.05, 0.1) is 11.8 Å². The van der Waals surface area contributed by atoms with Gasteiger partial charge in [-0.3, -0.25) is 14.0 Å². The third-order valence-electron chi connectivity index (χ3n) is 7.87. The number of benzene rings is 1. The van der Waals surface area contributed by atoms with Crippen LogP contribution in [-0.4, -0.2) is 54.8 Å². The van der Waals surface area contributed by atoms with Gasteiger partial charge in [0.15, 0.2) is 0 Å². The molecule has 2 unspecified atom stereocenters. The van der Waals surface area contributed by atoms with Gasteiger partial charge in [-0.2, -0.15) is 22.0 Å². The number of aromatic nitrogens is 4. The lowest BCUT2D eigenvalue weighted by atomic mass is 9.92. The van der Waals surface area contributed by atoms with Gasteiger partial charge in [0.1, 0.15) is 39.6 Å². The zero-order valence-electron chi connectivity index (χ0n) is 23.5. The molecule has 0 radical (unpaired) electrons. The van der Waals surface area contributed by atoms with Gasteiger partial charge >= 0.3 is 12.3 Å². The number of nitrogens with one attached hydrogen (secondary N) is 1. The largest absolute Gasteiger partial charge is 0.432 e. The van der Waals surface area contributed by atoms with E-state index >= 15 is 0 Å². The van der Waals surface area contributed by atoms with E-state index in [-0.39, 0.29) is 51.2 Å². The van der Waals surface area contributed by atoms with Gasteiger partial charge in [-0.15, -0.1) is 0 Å². The van der Waals surface area contributed by atoms with Gasteiger partial charge in [0.25, 0.3) is 5.91 Å². The number of imidazole rings is 1. The van der Waals surface area contributed by atoms with E-state index in [9.17, 15) is 31.5 Å². The Labute approximate surface area is 257 Å². The highest BCUT2D eigenvalue weighted by molar-refractivity contribution is 6.30. The van der Waals surface area contributed by atoms with Gasteiger partial charge in [-0.05, 0) is 49.6 Å². The van der Waals surface area contributed by atoms with Crippen molar-refractivity contribution in [2.45, 2.75) is 56.9 Å². The summed E-state index contributed by atoms with van der Waals surface area (Å²) in [5.41, 5.74) is 5.35. The second-order valence-corrected chi connectivity index (χ2v) is 11.4. The molecule has 0 saturated carbocycles. The zero-order chi connectivity index (χ0) is 32.3. The van der Waals surface area contributed by atoms with Crippen molar-refractivity contribution in [1.29, 1.82) is 0 Å². The third-order valence-corrected chi connectivity index (χ3v) is 8.14. The second-order valence-electron chi connectivity index (χ2n) is 11.0. The summed E-state index contributed by atoms with van der Waals surface area (Å²) in [7, 11) is 0. The smallest absolute Gasteiger partial charge is 0.416 e. The highest BCUT2D eigenvalue weighted by Crippen LogP contribution is 2.42. The van der Waals surface area contributed by atoms with Crippen LogP contribution in [0.2, 0.25) is 5.15 Å². The van der Waals surface area contributed by atoms with Crippen molar-refractivity contribution >= 4 is 40.6 Å². The molecule has 0 spiro atoms. The number of fused-ring (bicyclic) bond motifs is 2. The number of piperidine rings is 1. The maximum absolute atomic E-state index is 14.3. The lowest BCUT2D eigenvalue weighted by Gasteiger charge is -2.34. The van der Waals surface area contributed by atoms with E-state index < -0.39 is 35.3 Å². The van der Waals surface area contributed by atoms with Crippen molar-refractivity contribution in [3.8, 4) is 17.0 Å². The molecule has 0 aliphatic carbocycles. The fourth-order valence-corrected chi connectivity index (χ4v) is 6.09. The quantitative estimate of drug-likeness (QED) is 0.240. The minimum absolute atomic E-state index is 0.00858. The molecule has 2 saturated heterocycles. The van der Waals surface area contributed by atoms with E-state index in [1.165, 1.54) is 18.3 Å². The average Bonchev–Trinajstić information content (AvgIpc) is 3.55. The molecule has 10 nitrogen and oxygen atoms in total. The number of amides is 2. The van der Waals surface area contributed by atoms with Gasteiger partial charge in [0.2, 0.25) is 5.91 Å². The monoisotopic (exact) mass is 649 g/mol. The lowest BCUT2D eigenvalue weighted by molar-refractivity contribution is -0.158. The Bertz CT molecular complexity index is 1820. The van der Waals surface area contributed by atoms with Crippen LogP contribution in [-0.2, 0) is 11.0 Å². The predicted octanol–water partition coefficient (Wildman–Crippen LogP) is 6.16. The van der Waals surface area contributed by atoms with Gasteiger partial charge in [-0.25, -0.2) is 15.0 Å². The molecule has 2 amide bonds. The van der Waals surface area contributed by atoms with Crippen LogP contribution in [0.25, 0.3) is 16.8 Å². The lowest BCUT2D eigenvalue weighted by Crippen LogP contribution is -2.41. The molecule has 45 heavy (non-hydrogen) atoms. The number of alkyl halides is 5. The number of anilines is 2. The number of nitrogens with zero attached hydrogens (tertiary/aromatic N) is 5. The standard InChI is InChI=1S/C29H25ClF5N7O3/c1-28(31,32)45-19-10-14(27(44)39-21-11-16(8-9-37-21)29(33,34)35)3-6-18(19)23-24-25(36)38-12-20(30)42(24)26(40-23)15-2-4-17-5-7-22(43)41(17)13-15/h3,6,8-12,15,17H,2,4-5,7,13H2,1H3,(H2,36,38)(H,37,39,44). The minimum Gasteiger partial charge on any atom is -0.432 e. The zero-order valence-corrected chi connectivity index (χ0v) is 24.3. The summed E-state index contributed by atoms with van der Waals surface area (Å²) in [6, 6.07) is 5.13. The number of carbonyl (C=O) groups is 2. The maximum atomic E-state index is 14.3. The summed E-state index contributed by atoms with van der Waals surface area (Å²) >= 11 is 6.57. The molecular weight excluding hydrogens is 625 g/mol. The first-order valence-corrected chi connectivity index (χ1v) is 14.2. The summed E-state index contributed by atoms with van der Waals surface area (Å²) in [6.07, 6.45) is -3.48. The fourth-order valence-electron chi connectivity index (χ4n) is 5.87. The van der Waals surface area contributed by atoms with E-state index in [1.54, 1.807) is 4.40 Å². The Kier molecular flexibility index (Phi) is 7.54. The number of rotatable bonds is 6. The number of halogens is 6. The average molecular weight is 650 g/mol. The number of hydrogen-bond acceptors (Lipinski definition) is 7. The first kappa shape index (κ1) is 30.5. The van der Waals surface area contributed by atoms with E-state index in [4.69, 9.17) is 27.1 Å². The Hall–Kier alpha value is -4.53. The van der Waals surface area contributed by atoms with Crippen LogP contribution in [0.1, 0.15) is 60.3 Å². The maximum Gasteiger partial charge on any atom is 0.416 e. The topological polar surface area (TPSA) is 128 Å². The summed E-state index contributed by atoms with van der Waals surface area (Å²) in [4.78, 5) is 40.0. The molecule has 5 heterocycles. The van der Waals surface area contributed by atoms with E-state index in [2.05, 4.69) is 15.3 Å². The van der Waals surface area contributed by atoms with E-state index in [0.29, 0.717) is 38.2 Å². The molecule has 2 atom stereocenters. The van der Waals surface area contributed by atoms with Crippen LogP contribution in [0.4, 0.5) is 33.6 Å². The molecule has 3 N–H and O–H groups in total. The van der Waals surface area contributed by atoms with E-state index in [1.807, 2.05) is 4.90 Å². The van der Waals surface area contributed by atoms with Gasteiger partial charge < -0.3 is 20.7 Å². The Balaban J connectivity index is 1.42. The van der Waals surface area contributed by atoms with Gasteiger partial charge in [0, 0.05) is 49.2 Å². The molecule has 3 aromatic heterocycles. The number of hydrogen-bond donors (Lipinski definition) is 2. The normalized spacial score (nSPS) is 18.7. The highest BCUT2D eigenvalue weighted by Gasteiger charge is 2.39. The highest BCUT2D eigenvalue weighted by atomic mass is 35.5. The van der Waals surface area contributed by atoms with Crippen LogP contribution in [0.15, 0.2) is 42.7 Å². The summed E-state index contributed by atoms with van der Waals surface area (Å²) in [5.74, 6) is -1.55. The van der Waals surface area contributed by atoms with Crippen molar-refractivity contribution in [1.82, 2.24) is 24.3 Å². The summed E-state index contributed by atoms with van der Waals surface area (Å²) < 4.78 is 74.5.